The van der Waals surface area contributed by atoms with Gasteiger partial charge in [0.15, 0.2) is 0 Å². The van der Waals surface area contributed by atoms with E-state index in [-0.39, 0.29) is 12.5 Å². The van der Waals surface area contributed by atoms with Gasteiger partial charge >= 0.3 is 12.1 Å². The van der Waals surface area contributed by atoms with E-state index in [1.807, 2.05) is 55.2 Å². The highest BCUT2D eigenvalue weighted by Crippen LogP contribution is 2.44. The molecule has 5 nitrogen and oxygen atoms in total. The average molecular weight is 388 g/mol. The number of hydrogen-bond donors (Lipinski definition) is 2. The summed E-state index contributed by atoms with van der Waals surface area (Å²) in [4.78, 5) is 23.7. The molecular formula is C21H25NO4S. The van der Waals surface area contributed by atoms with Gasteiger partial charge in [-0.15, -0.1) is 0 Å². The summed E-state index contributed by atoms with van der Waals surface area (Å²) in [5, 5.41) is 11.9. The van der Waals surface area contributed by atoms with Gasteiger partial charge in [0.25, 0.3) is 0 Å². The van der Waals surface area contributed by atoms with Gasteiger partial charge in [-0.05, 0) is 41.0 Å². The van der Waals surface area contributed by atoms with Crippen LogP contribution in [0.3, 0.4) is 0 Å². The highest BCUT2D eigenvalue weighted by Gasteiger charge is 2.30. The van der Waals surface area contributed by atoms with Gasteiger partial charge in [0.05, 0.1) is 0 Å². The first-order chi connectivity index (χ1) is 12.8. The second-order valence-corrected chi connectivity index (χ2v) is 12.1. The fraction of sp³-hybridized carbons (Fsp3) is 0.333. The highest BCUT2D eigenvalue weighted by atomic mass is 32.3. The fourth-order valence-electron chi connectivity index (χ4n) is 3.46. The summed E-state index contributed by atoms with van der Waals surface area (Å²) in [6.07, 6.45) is 5.36. The van der Waals surface area contributed by atoms with Crippen molar-refractivity contribution in [1.29, 1.82) is 0 Å². The maximum absolute atomic E-state index is 12.2. The summed E-state index contributed by atoms with van der Waals surface area (Å²) in [6.45, 7) is 0.175. The molecule has 2 aromatic rings. The van der Waals surface area contributed by atoms with Gasteiger partial charge in [0, 0.05) is 11.7 Å². The molecule has 6 heteroatoms. The van der Waals surface area contributed by atoms with Crippen molar-refractivity contribution in [3.05, 3.63) is 59.7 Å². The van der Waals surface area contributed by atoms with Crippen LogP contribution in [0, 0.1) is 0 Å². The lowest BCUT2D eigenvalue weighted by molar-refractivity contribution is -0.138. The number of benzene rings is 2. The Balaban J connectivity index is 1.69. The maximum Gasteiger partial charge on any atom is 0.407 e. The Labute approximate surface area is 161 Å². The van der Waals surface area contributed by atoms with Crippen molar-refractivity contribution in [2.75, 3.05) is 31.1 Å². The summed E-state index contributed by atoms with van der Waals surface area (Å²) < 4.78 is 5.43. The Bertz CT molecular complexity index is 814. The van der Waals surface area contributed by atoms with E-state index < -0.39 is 28.1 Å². The Morgan fingerprint density at radius 1 is 1.04 bits per heavy atom. The number of carboxylic acid groups (broad SMARTS) is 1. The Hall–Kier alpha value is -2.47. The molecule has 2 N–H and O–H groups in total. The number of ether oxygens (including phenoxy) is 1. The van der Waals surface area contributed by atoms with Crippen LogP contribution in [-0.4, -0.2) is 54.3 Å². The maximum atomic E-state index is 12.2. The van der Waals surface area contributed by atoms with Crippen molar-refractivity contribution in [1.82, 2.24) is 5.32 Å². The van der Waals surface area contributed by atoms with Crippen LogP contribution in [0.1, 0.15) is 17.0 Å². The molecule has 1 aliphatic rings. The van der Waals surface area contributed by atoms with E-state index in [1.54, 1.807) is 0 Å². The number of alkyl carbamates (subject to hydrolysis) is 1. The van der Waals surface area contributed by atoms with Gasteiger partial charge in [-0.1, -0.05) is 48.5 Å². The van der Waals surface area contributed by atoms with Crippen molar-refractivity contribution in [3.63, 3.8) is 0 Å². The van der Waals surface area contributed by atoms with Crippen LogP contribution in [-0.2, 0) is 9.53 Å². The van der Waals surface area contributed by atoms with Crippen molar-refractivity contribution in [3.8, 4) is 11.1 Å². The summed E-state index contributed by atoms with van der Waals surface area (Å²) in [5.41, 5.74) is 4.56. The van der Waals surface area contributed by atoms with Crippen LogP contribution in [0.15, 0.2) is 48.5 Å². The zero-order valence-electron chi connectivity index (χ0n) is 15.8. The molecule has 2 aromatic carbocycles. The Kier molecular flexibility index (Phi) is 5.46. The summed E-state index contributed by atoms with van der Waals surface area (Å²) in [7, 11) is -1.08. The second-order valence-electron chi connectivity index (χ2n) is 7.62. The van der Waals surface area contributed by atoms with Crippen LogP contribution < -0.4 is 5.32 Å². The first-order valence-electron chi connectivity index (χ1n) is 8.76. The van der Waals surface area contributed by atoms with Gasteiger partial charge in [0.2, 0.25) is 0 Å². The molecule has 0 saturated carbocycles. The van der Waals surface area contributed by atoms with Crippen molar-refractivity contribution < 1.29 is 19.4 Å². The van der Waals surface area contributed by atoms with Gasteiger partial charge in [-0.25, -0.2) is 19.6 Å². The van der Waals surface area contributed by atoms with Gasteiger partial charge in [-0.3, -0.25) is 0 Å². The topological polar surface area (TPSA) is 75.6 Å². The van der Waals surface area contributed by atoms with E-state index in [4.69, 9.17) is 4.74 Å². The lowest BCUT2D eigenvalue weighted by Crippen LogP contribution is -2.44. The molecule has 0 radical (unpaired) electrons. The molecule has 1 atom stereocenters. The fourth-order valence-corrected chi connectivity index (χ4v) is 4.68. The molecular weight excluding hydrogens is 362 g/mol. The number of carbonyl (C=O) groups excluding carboxylic acids is 1. The van der Waals surface area contributed by atoms with E-state index in [0.717, 1.165) is 22.3 Å². The second kappa shape index (κ2) is 7.64. The lowest BCUT2D eigenvalue weighted by atomic mass is 9.98. The van der Waals surface area contributed by atoms with E-state index in [2.05, 4.69) is 17.4 Å². The number of aliphatic carboxylic acids is 1. The van der Waals surface area contributed by atoms with Gasteiger partial charge < -0.3 is 15.2 Å². The van der Waals surface area contributed by atoms with Crippen LogP contribution in [0.5, 0.6) is 0 Å². The zero-order chi connectivity index (χ0) is 19.6. The van der Waals surface area contributed by atoms with E-state index in [9.17, 15) is 14.7 Å². The minimum atomic E-state index is -1.08. The van der Waals surface area contributed by atoms with Crippen LogP contribution >= 0.6 is 10.0 Å². The first kappa shape index (κ1) is 19.3. The first-order valence-corrected chi connectivity index (χ1v) is 11.8. The molecule has 0 bridgehead atoms. The Morgan fingerprint density at radius 2 is 1.56 bits per heavy atom. The van der Waals surface area contributed by atoms with Crippen LogP contribution in [0.25, 0.3) is 11.1 Å². The number of hydrogen-bond acceptors (Lipinski definition) is 3. The minimum absolute atomic E-state index is 0.0420. The van der Waals surface area contributed by atoms with Gasteiger partial charge in [-0.2, -0.15) is 0 Å². The number of carboxylic acids is 1. The third kappa shape index (κ3) is 4.45. The van der Waals surface area contributed by atoms with Crippen LogP contribution in [0.4, 0.5) is 4.79 Å². The zero-order valence-corrected chi connectivity index (χ0v) is 16.6. The SMILES string of the molecule is CS(C)(C)C[C@H](NC(=O)OCC1c2ccccc2-c2ccccc21)C(=O)O. The number of nitrogens with one attached hydrogen (secondary N) is 1. The molecule has 0 fully saturated rings. The van der Waals surface area contributed by atoms with E-state index in [0.29, 0.717) is 5.75 Å². The number of carbonyl (C=O) groups is 2. The standard InChI is InChI=1S/C21H25NO4S/c1-27(2,3)13-19(20(23)24)22-21(25)26-12-18-16-10-6-4-8-14(16)15-9-5-7-11-17(15)18/h4-11,18-19H,12-13H2,1-3H3,(H,22,25)(H,23,24)/t19-/m0/s1. The molecule has 0 saturated heterocycles. The van der Waals surface area contributed by atoms with Crippen molar-refractivity contribution in [2.45, 2.75) is 12.0 Å². The minimum Gasteiger partial charge on any atom is -0.480 e. The van der Waals surface area contributed by atoms with Crippen molar-refractivity contribution >= 4 is 22.1 Å². The summed E-state index contributed by atoms with van der Waals surface area (Å²) in [6, 6.07) is 15.2. The molecule has 0 spiro atoms. The molecule has 144 valence electrons. The normalized spacial score (nSPS) is 14.8. The number of amides is 1. The summed E-state index contributed by atoms with van der Waals surface area (Å²) in [5.74, 6) is -0.669. The van der Waals surface area contributed by atoms with E-state index in [1.165, 1.54) is 0 Å². The molecule has 0 heterocycles. The van der Waals surface area contributed by atoms with Gasteiger partial charge in [0.1, 0.15) is 12.6 Å². The van der Waals surface area contributed by atoms with Crippen LogP contribution in [0.2, 0.25) is 0 Å². The number of rotatable bonds is 6. The highest BCUT2D eigenvalue weighted by molar-refractivity contribution is 8.32. The Morgan fingerprint density at radius 3 is 2.04 bits per heavy atom. The smallest absolute Gasteiger partial charge is 0.407 e. The number of fused-ring (bicyclic) bond motifs is 3. The molecule has 1 amide bonds. The predicted octanol–water partition coefficient (Wildman–Crippen LogP) is 3.67. The quantitative estimate of drug-likeness (QED) is 0.793. The molecule has 0 aliphatic heterocycles. The average Bonchev–Trinajstić information content (AvgIpc) is 2.92. The third-order valence-corrected chi connectivity index (χ3v) is 5.93. The molecule has 0 aromatic heterocycles. The van der Waals surface area contributed by atoms with E-state index >= 15 is 0 Å². The molecule has 3 rings (SSSR count). The summed E-state index contributed by atoms with van der Waals surface area (Å²) >= 11 is 0. The third-order valence-electron chi connectivity index (χ3n) is 4.60. The lowest BCUT2D eigenvalue weighted by Gasteiger charge is -2.29. The molecule has 0 unspecified atom stereocenters. The monoisotopic (exact) mass is 387 g/mol. The molecule has 1 aliphatic carbocycles. The molecule has 27 heavy (non-hydrogen) atoms. The van der Waals surface area contributed by atoms with Crippen molar-refractivity contribution in [2.24, 2.45) is 0 Å². The predicted molar refractivity (Wildman–Crippen MR) is 110 cm³/mol. The largest absolute Gasteiger partial charge is 0.480 e.